The molecule has 1 amide bonds. The second-order valence-corrected chi connectivity index (χ2v) is 7.79. The fourth-order valence-electron chi connectivity index (χ4n) is 3.75. The van der Waals surface area contributed by atoms with Crippen LogP contribution >= 0.6 is 0 Å². The lowest BCUT2D eigenvalue weighted by atomic mass is 9.95. The van der Waals surface area contributed by atoms with Crippen LogP contribution in [0.2, 0.25) is 0 Å². The summed E-state index contributed by atoms with van der Waals surface area (Å²) in [4.78, 5) is 34.3. The summed E-state index contributed by atoms with van der Waals surface area (Å²) in [6.07, 6.45) is 3.70. The van der Waals surface area contributed by atoms with E-state index in [1.165, 1.54) is 19.3 Å². The Morgan fingerprint density at radius 2 is 1.82 bits per heavy atom. The zero-order valence-electron chi connectivity index (χ0n) is 13.9. The molecular formula is C17H25N3O2. The summed E-state index contributed by atoms with van der Waals surface area (Å²) < 4.78 is 0. The van der Waals surface area contributed by atoms with E-state index in [1.807, 2.05) is 25.7 Å². The Morgan fingerprint density at radius 1 is 1.23 bits per heavy atom. The summed E-state index contributed by atoms with van der Waals surface area (Å²) in [5, 5.41) is 0. The van der Waals surface area contributed by atoms with E-state index < -0.39 is 0 Å². The largest absolute Gasteiger partial charge is 0.338 e. The number of aromatic amines is 1. The van der Waals surface area contributed by atoms with Crippen molar-refractivity contribution in [3.05, 3.63) is 27.4 Å². The van der Waals surface area contributed by atoms with E-state index in [-0.39, 0.29) is 22.4 Å². The topological polar surface area (TPSA) is 66.1 Å². The SMILES string of the molecule is Cc1nc(C(C)(C)C)[nH]c(=O)c1C(=O)N1C[C@H]2CCC[C@@H]2C1. The minimum absolute atomic E-state index is 0.152. The van der Waals surface area contributed by atoms with E-state index in [4.69, 9.17) is 0 Å². The van der Waals surface area contributed by atoms with Crippen LogP contribution in [0.25, 0.3) is 0 Å². The molecule has 2 fully saturated rings. The number of fused-ring (bicyclic) bond motifs is 1. The van der Waals surface area contributed by atoms with Gasteiger partial charge < -0.3 is 9.88 Å². The maximum absolute atomic E-state index is 12.7. The molecular weight excluding hydrogens is 278 g/mol. The predicted molar refractivity (Wildman–Crippen MR) is 85.0 cm³/mol. The molecule has 2 atom stereocenters. The molecule has 3 rings (SSSR count). The smallest absolute Gasteiger partial charge is 0.264 e. The van der Waals surface area contributed by atoms with Crippen LogP contribution in [0.1, 0.15) is 61.9 Å². The van der Waals surface area contributed by atoms with E-state index in [0.717, 1.165) is 13.1 Å². The molecule has 1 aromatic heterocycles. The summed E-state index contributed by atoms with van der Waals surface area (Å²) >= 11 is 0. The van der Waals surface area contributed by atoms with Crippen molar-refractivity contribution < 1.29 is 4.79 Å². The second-order valence-electron chi connectivity index (χ2n) is 7.79. The molecule has 0 radical (unpaired) electrons. The third-order valence-corrected chi connectivity index (χ3v) is 5.04. The summed E-state index contributed by atoms with van der Waals surface area (Å²) in [6, 6.07) is 0. The normalized spacial score (nSPS) is 24.6. The highest BCUT2D eigenvalue weighted by molar-refractivity contribution is 5.95. The van der Waals surface area contributed by atoms with Crippen LogP contribution in [-0.2, 0) is 5.41 Å². The predicted octanol–water partition coefficient (Wildman–Crippen LogP) is 2.25. The first-order chi connectivity index (χ1) is 10.3. The number of carbonyl (C=O) groups excluding carboxylic acids is 1. The third-order valence-electron chi connectivity index (χ3n) is 5.04. The van der Waals surface area contributed by atoms with Crippen molar-refractivity contribution in [1.82, 2.24) is 14.9 Å². The van der Waals surface area contributed by atoms with Crippen molar-refractivity contribution in [2.75, 3.05) is 13.1 Å². The van der Waals surface area contributed by atoms with Gasteiger partial charge in [-0.3, -0.25) is 9.59 Å². The number of amides is 1. The Morgan fingerprint density at radius 3 is 2.32 bits per heavy atom. The van der Waals surface area contributed by atoms with Crippen molar-refractivity contribution in [2.24, 2.45) is 11.8 Å². The number of carbonyl (C=O) groups is 1. The highest BCUT2D eigenvalue weighted by atomic mass is 16.2. The number of H-pyrrole nitrogens is 1. The fourth-order valence-corrected chi connectivity index (χ4v) is 3.75. The molecule has 0 spiro atoms. The highest BCUT2D eigenvalue weighted by Gasteiger charge is 2.39. The van der Waals surface area contributed by atoms with Gasteiger partial charge in [0, 0.05) is 18.5 Å². The van der Waals surface area contributed by atoms with E-state index in [0.29, 0.717) is 23.4 Å². The number of aryl methyl sites for hydroxylation is 1. The Hall–Kier alpha value is -1.65. The number of nitrogens with one attached hydrogen (secondary N) is 1. The van der Waals surface area contributed by atoms with Crippen LogP contribution in [0.3, 0.4) is 0 Å². The third kappa shape index (κ3) is 2.57. The molecule has 5 heteroatoms. The van der Waals surface area contributed by atoms with Gasteiger partial charge >= 0.3 is 0 Å². The van der Waals surface area contributed by atoms with Crippen LogP contribution in [0.4, 0.5) is 0 Å². The molecule has 2 aliphatic rings. The Kier molecular flexibility index (Phi) is 3.62. The van der Waals surface area contributed by atoms with Crippen LogP contribution in [0.15, 0.2) is 4.79 Å². The van der Waals surface area contributed by atoms with E-state index in [2.05, 4.69) is 9.97 Å². The zero-order valence-corrected chi connectivity index (χ0v) is 13.9. The molecule has 2 heterocycles. The van der Waals surface area contributed by atoms with Gasteiger partial charge in [0.25, 0.3) is 11.5 Å². The first-order valence-electron chi connectivity index (χ1n) is 8.18. The van der Waals surface area contributed by atoms with Crippen molar-refractivity contribution in [3.63, 3.8) is 0 Å². The average Bonchev–Trinajstić information content (AvgIpc) is 2.96. The Balaban J connectivity index is 1.89. The molecule has 1 aliphatic heterocycles. The van der Waals surface area contributed by atoms with Crippen molar-refractivity contribution in [1.29, 1.82) is 0 Å². The van der Waals surface area contributed by atoms with E-state index in [1.54, 1.807) is 6.92 Å². The Bertz CT molecular complexity index is 645. The number of nitrogens with zero attached hydrogens (tertiary/aromatic N) is 2. The molecule has 5 nitrogen and oxygen atoms in total. The van der Waals surface area contributed by atoms with Crippen LogP contribution in [0, 0.1) is 18.8 Å². The lowest BCUT2D eigenvalue weighted by Gasteiger charge is -2.21. The lowest BCUT2D eigenvalue weighted by molar-refractivity contribution is 0.0777. The number of likely N-dealkylation sites (tertiary alicyclic amines) is 1. The minimum atomic E-state index is -0.306. The minimum Gasteiger partial charge on any atom is -0.338 e. The molecule has 120 valence electrons. The number of hydrogen-bond acceptors (Lipinski definition) is 3. The molecule has 0 bridgehead atoms. The van der Waals surface area contributed by atoms with Crippen LogP contribution in [0.5, 0.6) is 0 Å². The van der Waals surface area contributed by atoms with Crippen LogP contribution < -0.4 is 5.56 Å². The van der Waals surface area contributed by atoms with Gasteiger partial charge in [0.1, 0.15) is 11.4 Å². The standard InChI is InChI=1S/C17H25N3O2/c1-10-13(14(21)19-16(18-10)17(2,3)4)15(22)20-8-11-6-5-7-12(11)9-20/h11-12H,5-9H2,1-4H3,(H,18,19,21)/t11-,12-/m1/s1. The lowest BCUT2D eigenvalue weighted by Crippen LogP contribution is -2.36. The van der Waals surface area contributed by atoms with E-state index >= 15 is 0 Å². The van der Waals surface area contributed by atoms with Gasteiger partial charge in [-0.2, -0.15) is 0 Å². The van der Waals surface area contributed by atoms with Gasteiger partial charge in [-0.25, -0.2) is 4.98 Å². The second kappa shape index (κ2) is 5.21. The summed E-state index contributed by atoms with van der Waals surface area (Å²) in [5.74, 6) is 1.74. The van der Waals surface area contributed by atoms with E-state index in [9.17, 15) is 9.59 Å². The molecule has 1 N–H and O–H groups in total. The molecule has 0 aromatic carbocycles. The number of aromatic nitrogens is 2. The molecule has 0 unspecified atom stereocenters. The molecule has 1 aromatic rings. The van der Waals surface area contributed by atoms with Crippen molar-refractivity contribution in [3.8, 4) is 0 Å². The van der Waals surface area contributed by atoms with Crippen molar-refractivity contribution >= 4 is 5.91 Å². The van der Waals surface area contributed by atoms with Gasteiger partial charge in [0.2, 0.25) is 0 Å². The highest BCUT2D eigenvalue weighted by Crippen LogP contribution is 2.38. The maximum Gasteiger partial charge on any atom is 0.264 e. The molecule has 22 heavy (non-hydrogen) atoms. The summed E-state index contributed by atoms with van der Waals surface area (Å²) in [7, 11) is 0. The average molecular weight is 303 g/mol. The monoisotopic (exact) mass is 303 g/mol. The number of rotatable bonds is 1. The van der Waals surface area contributed by atoms with Gasteiger partial charge in [-0.05, 0) is 31.6 Å². The molecule has 1 aliphatic carbocycles. The van der Waals surface area contributed by atoms with Gasteiger partial charge in [-0.1, -0.05) is 27.2 Å². The summed E-state index contributed by atoms with van der Waals surface area (Å²) in [5.41, 5.74) is 0.207. The van der Waals surface area contributed by atoms with Crippen LogP contribution in [-0.4, -0.2) is 33.9 Å². The quantitative estimate of drug-likeness (QED) is 0.865. The Labute approximate surface area is 131 Å². The van der Waals surface area contributed by atoms with Gasteiger partial charge in [0.15, 0.2) is 0 Å². The van der Waals surface area contributed by atoms with Gasteiger partial charge in [-0.15, -0.1) is 0 Å². The number of hydrogen-bond donors (Lipinski definition) is 1. The van der Waals surface area contributed by atoms with Crippen molar-refractivity contribution in [2.45, 2.75) is 52.4 Å². The first kappa shape index (κ1) is 15.3. The van der Waals surface area contributed by atoms with Gasteiger partial charge in [0.05, 0.1) is 5.69 Å². The maximum atomic E-state index is 12.7. The fraction of sp³-hybridized carbons (Fsp3) is 0.706. The molecule has 1 saturated heterocycles. The zero-order chi connectivity index (χ0) is 16.1. The molecule has 1 saturated carbocycles. The summed E-state index contributed by atoms with van der Waals surface area (Å²) in [6.45, 7) is 9.33. The first-order valence-corrected chi connectivity index (χ1v) is 8.18.